The fourth-order valence-corrected chi connectivity index (χ4v) is 4.19. The monoisotopic (exact) mass is 404 g/mol. The Labute approximate surface area is 159 Å². The van der Waals surface area contributed by atoms with E-state index in [0.717, 1.165) is 10.8 Å². The second-order valence-electron chi connectivity index (χ2n) is 5.47. The van der Waals surface area contributed by atoms with Gasteiger partial charge in [-0.25, -0.2) is 0 Å². The quantitative estimate of drug-likeness (QED) is 0.529. The molecule has 2 heterocycles. The Kier molecular flexibility index (Phi) is 5.35. The molecule has 1 aromatic carbocycles. The minimum absolute atomic E-state index is 0.0450. The van der Waals surface area contributed by atoms with E-state index in [2.05, 4.69) is 4.99 Å². The molecule has 128 valence electrons. The van der Waals surface area contributed by atoms with Crippen molar-refractivity contribution < 1.29 is 9.53 Å². The standard InChI is InChI=1S/C16H15Cl3N2O2S/c1-10(7-16(18,19)9-17)21-14(22)13-15(21)24-12(20-13)8-23-11-5-3-2-4-6-11/h2-7,13,15H,8-9H2,1H3/b10-7+. The maximum absolute atomic E-state index is 12.3. The van der Waals surface area contributed by atoms with E-state index in [4.69, 9.17) is 39.5 Å². The van der Waals surface area contributed by atoms with Crippen LogP contribution in [-0.2, 0) is 4.79 Å². The zero-order chi connectivity index (χ0) is 17.3. The average Bonchev–Trinajstić information content (AvgIpc) is 2.92. The molecule has 2 atom stereocenters. The molecule has 1 amide bonds. The topological polar surface area (TPSA) is 41.9 Å². The molecule has 24 heavy (non-hydrogen) atoms. The molecule has 0 spiro atoms. The number of ether oxygens (including phenoxy) is 1. The van der Waals surface area contributed by atoms with Gasteiger partial charge in [-0.1, -0.05) is 53.2 Å². The number of carbonyl (C=O) groups is 1. The molecule has 2 aliphatic rings. The third-order valence-electron chi connectivity index (χ3n) is 3.64. The highest BCUT2D eigenvalue weighted by atomic mass is 35.5. The molecule has 8 heteroatoms. The van der Waals surface area contributed by atoms with Crippen molar-refractivity contribution in [2.24, 2.45) is 4.99 Å². The summed E-state index contributed by atoms with van der Waals surface area (Å²) < 4.78 is 4.49. The third kappa shape index (κ3) is 3.69. The molecule has 1 saturated heterocycles. The lowest BCUT2D eigenvalue weighted by atomic mass is 10.1. The number of alkyl halides is 3. The van der Waals surface area contributed by atoms with Gasteiger partial charge in [-0.2, -0.15) is 0 Å². The highest BCUT2D eigenvalue weighted by Crippen LogP contribution is 2.42. The number of carbonyl (C=O) groups excluding carboxylic acids is 1. The molecule has 0 aromatic heterocycles. The largest absolute Gasteiger partial charge is 0.487 e. The summed E-state index contributed by atoms with van der Waals surface area (Å²) in [5.41, 5.74) is 0.680. The molecule has 0 aliphatic carbocycles. The number of hydrogen-bond donors (Lipinski definition) is 0. The number of allylic oxidation sites excluding steroid dienone is 2. The van der Waals surface area contributed by atoms with Crippen molar-refractivity contribution in [3.05, 3.63) is 42.1 Å². The van der Waals surface area contributed by atoms with Crippen LogP contribution in [0.5, 0.6) is 5.75 Å². The van der Waals surface area contributed by atoms with Crippen LogP contribution in [-0.4, -0.2) is 44.1 Å². The van der Waals surface area contributed by atoms with Crippen LogP contribution in [0, 0.1) is 0 Å². The predicted octanol–water partition coefficient (Wildman–Crippen LogP) is 4.06. The molecule has 1 fully saturated rings. The fourth-order valence-electron chi connectivity index (χ4n) is 2.53. The molecular weight excluding hydrogens is 391 g/mol. The van der Waals surface area contributed by atoms with Gasteiger partial charge in [-0.3, -0.25) is 14.7 Å². The smallest absolute Gasteiger partial charge is 0.255 e. The lowest BCUT2D eigenvalue weighted by Gasteiger charge is -2.42. The summed E-state index contributed by atoms with van der Waals surface area (Å²) in [4.78, 5) is 18.4. The van der Waals surface area contributed by atoms with Crippen LogP contribution in [0.15, 0.2) is 47.1 Å². The molecule has 0 N–H and O–H groups in total. The van der Waals surface area contributed by atoms with Crippen LogP contribution in [0.4, 0.5) is 0 Å². The number of benzene rings is 1. The van der Waals surface area contributed by atoms with Crippen molar-refractivity contribution in [1.82, 2.24) is 4.90 Å². The molecule has 1 aromatic rings. The SMILES string of the molecule is C/C(=C\C(Cl)(Cl)CCl)N1C(=O)C2N=C(COc3ccccc3)SC21. The highest BCUT2D eigenvalue weighted by Gasteiger charge is 2.53. The number of halogens is 3. The summed E-state index contributed by atoms with van der Waals surface area (Å²) in [6.07, 6.45) is 1.59. The van der Waals surface area contributed by atoms with Gasteiger partial charge in [0.05, 0.1) is 5.88 Å². The number of hydrogen-bond acceptors (Lipinski definition) is 4. The third-order valence-corrected chi connectivity index (χ3v) is 6.02. The summed E-state index contributed by atoms with van der Waals surface area (Å²) in [5.74, 6) is 0.758. The van der Waals surface area contributed by atoms with E-state index >= 15 is 0 Å². The number of likely N-dealkylation sites (tertiary alicyclic amines) is 1. The Hall–Kier alpha value is -0.880. The van der Waals surface area contributed by atoms with E-state index in [0.29, 0.717) is 12.3 Å². The van der Waals surface area contributed by atoms with Gasteiger partial charge in [0.25, 0.3) is 5.91 Å². The first-order valence-corrected chi connectivity index (χ1v) is 9.46. The number of β-lactam (4-membered cyclic amide) rings is 1. The van der Waals surface area contributed by atoms with Crippen LogP contribution in [0.3, 0.4) is 0 Å². The number of thioether (sulfide) groups is 1. The molecule has 2 unspecified atom stereocenters. The lowest BCUT2D eigenvalue weighted by molar-refractivity contribution is -0.140. The zero-order valence-electron chi connectivity index (χ0n) is 12.8. The van der Waals surface area contributed by atoms with Crippen LogP contribution in [0.1, 0.15) is 6.92 Å². The Morgan fingerprint density at radius 3 is 2.79 bits per heavy atom. The zero-order valence-corrected chi connectivity index (χ0v) is 15.9. The minimum Gasteiger partial charge on any atom is -0.487 e. The molecule has 0 bridgehead atoms. The highest BCUT2D eigenvalue weighted by molar-refractivity contribution is 8.15. The molecule has 0 saturated carbocycles. The second kappa shape index (κ2) is 7.16. The van der Waals surface area contributed by atoms with Crippen LogP contribution < -0.4 is 4.74 Å². The Balaban J connectivity index is 1.62. The van der Waals surface area contributed by atoms with Gasteiger partial charge in [0.1, 0.15) is 22.8 Å². The summed E-state index contributed by atoms with van der Waals surface area (Å²) in [5, 5.41) is 0.737. The molecule has 4 nitrogen and oxygen atoms in total. The first-order chi connectivity index (χ1) is 11.4. The van der Waals surface area contributed by atoms with Gasteiger partial charge >= 0.3 is 0 Å². The summed E-state index contributed by atoms with van der Waals surface area (Å²) in [6, 6.07) is 9.14. The van der Waals surface area contributed by atoms with Crippen LogP contribution in [0.2, 0.25) is 0 Å². The average molecular weight is 406 g/mol. The first-order valence-electron chi connectivity index (χ1n) is 7.29. The van der Waals surface area contributed by atoms with Crippen molar-refractivity contribution in [3.63, 3.8) is 0 Å². The Morgan fingerprint density at radius 1 is 1.42 bits per heavy atom. The van der Waals surface area contributed by atoms with Gasteiger partial charge < -0.3 is 4.74 Å². The van der Waals surface area contributed by atoms with Crippen LogP contribution >= 0.6 is 46.6 Å². The number of para-hydroxylation sites is 1. The van der Waals surface area contributed by atoms with E-state index in [1.807, 2.05) is 30.3 Å². The lowest BCUT2D eigenvalue weighted by Crippen LogP contribution is -2.59. The maximum atomic E-state index is 12.3. The number of nitrogens with zero attached hydrogens (tertiary/aromatic N) is 2. The number of aliphatic imine (C=N–C) groups is 1. The normalized spacial score (nSPS) is 23.7. The summed E-state index contributed by atoms with van der Waals surface area (Å²) in [7, 11) is 0. The van der Waals surface area contributed by atoms with Gasteiger partial charge in [-0.05, 0) is 25.1 Å². The van der Waals surface area contributed by atoms with Crippen LogP contribution in [0.25, 0.3) is 0 Å². The van der Waals surface area contributed by atoms with Gasteiger partial charge in [0, 0.05) is 5.70 Å². The van der Waals surface area contributed by atoms with Crippen molar-refractivity contribution in [3.8, 4) is 5.75 Å². The fraction of sp³-hybridized carbons (Fsp3) is 0.375. The van der Waals surface area contributed by atoms with Crippen molar-refractivity contribution in [2.45, 2.75) is 22.7 Å². The molecular formula is C16H15Cl3N2O2S. The van der Waals surface area contributed by atoms with Gasteiger partial charge in [0.2, 0.25) is 0 Å². The van der Waals surface area contributed by atoms with Crippen molar-refractivity contribution >= 4 is 57.5 Å². The Bertz CT molecular complexity index is 694. The number of amides is 1. The second-order valence-corrected chi connectivity index (χ2v) is 8.47. The number of rotatable bonds is 6. The number of fused-ring (bicyclic) bond motifs is 1. The molecule has 0 radical (unpaired) electrons. The molecule has 3 rings (SSSR count). The predicted molar refractivity (Wildman–Crippen MR) is 100 cm³/mol. The molecule has 2 aliphatic heterocycles. The van der Waals surface area contributed by atoms with E-state index in [1.165, 1.54) is 11.8 Å². The summed E-state index contributed by atoms with van der Waals surface area (Å²) >= 11 is 19.3. The van der Waals surface area contributed by atoms with Gasteiger partial charge in [0.15, 0.2) is 10.4 Å². The van der Waals surface area contributed by atoms with Crippen molar-refractivity contribution in [1.29, 1.82) is 0 Å². The van der Waals surface area contributed by atoms with E-state index < -0.39 is 4.33 Å². The Morgan fingerprint density at radius 2 is 2.12 bits per heavy atom. The van der Waals surface area contributed by atoms with Crippen molar-refractivity contribution in [2.75, 3.05) is 12.5 Å². The first kappa shape index (κ1) is 17.9. The van der Waals surface area contributed by atoms with Gasteiger partial charge in [-0.15, -0.1) is 11.6 Å². The minimum atomic E-state index is -1.19. The van der Waals surface area contributed by atoms with E-state index in [1.54, 1.807) is 17.9 Å². The summed E-state index contributed by atoms with van der Waals surface area (Å²) in [6.45, 7) is 2.14. The maximum Gasteiger partial charge on any atom is 0.255 e. The van der Waals surface area contributed by atoms with E-state index in [9.17, 15) is 4.79 Å². The van der Waals surface area contributed by atoms with E-state index in [-0.39, 0.29) is 23.2 Å².